The quantitative estimate of drug-likeness (QED) is 0.740. The van der Waals surface area contributed by atoms with Crippen molar-refractivity contribution in [3.63, 3.8) is 0 Å². The lowest BCUT2D eigenvalue weighted by molar-refractivity contribution is 0.475. The number of H-pyrrole nitrogens is 1. The molecule has 0 aliphatic carbocycles. The predicted octanol–water partition coefficient (Wildman–Crippen LogP) is 3.10. The summed E-state index contributed by atoms with van der Waals surface area (Å²) < 4.78 is 13.5. The summed E-state index contributed by atoms with van der Waals surface area (Å²) >= 11 is 0. The molecular weight excluding hydrogens is 245 g/mol. The van der Waals surface area contributed by atoms with Gasteiger partial charge in [0.05, 0.1) is 11.3 Å². The van der Waals surface area contributed by atoms with E-state index in [-0.39, 0.29) is 17.0 Å². The number of nitrogens with zero attached hydrogens (tertiary/aromatic N) is 1. The lowest BCUT2D eigenvalue weighted by Gasteiger charge is -2.08. The van der Waals surface area contributed by atoms with Gasteiger partial charge < -0.3 is 10.8 Å². The van der Waals surface area contributed by atoms with Crippen molar-refractivity contribution in [2.75, 3.05) is 5.73 Å². The number of hydrogen-bond acceptors (Lipinski definition) is 3. The van der Waals surface area contributed by atoms with Gasteiger partial charge in [0.1, 0.15) is 17.3 Å². The van der Waals surface area contributed by atoms with Crippen LogP contribution in [0.3, 0.4) is 0 Å². The van der Waals surface area contributed by atoms with Gasteiger partial charge in [0.15, 0.2) is 0 Å². The molecule has 0 fully saturated rings. The van der Waals surface area contributed by atoms with E-state index in [9.17, 15) is 9.50 Å². The van der Waals surface area contributed by atoms with Crippen molar-refractivity contribution in [2.45, 2.75) is 19.8 Å². The second-order valence-corrected chi connectivity index (χ2v) is 4.27. The first-order valence-corrected chi connectivity index (χ1v) is 6.07. The average Bonchev–Trinajstić information content (AvgIpc) is 2.78. The third kappa shape index (κ3) is 2.19. The standard InChI is InChI=1S/C14H16FN3O/c1-3-5-10-8(4-2)14(18-17-10)12-11(19)7-6-9(15)13(12)16/h4,6-7,19H,2-3,5,16H2,1H3,(H,17,18). The third-order valence-corrected chi connectivity index (χ3v) is 2.99. The molecule has 0 aliphatic rings. The molecule has 0 atom stereocenters. The number of nitrogens with two attached hydrogens (primary N) is 1. The highest BCUT2D eigenvalue weighted by Crippen LogP contribution is 2.38. The van der Waals surface area contributed by atoms with Crippen LogP contribution < -0.4 is 5.73 Å². The monoisotopic (exact) mass is 261 g/mol. The summed E-state index contributed by atoms with van der Waals surface area (Å²) in [6.07, 6.45) is 3.37. The number of nitrogen functional groups attached to an aromatic ring is 1. The number of phenolic OH excluding ortho intramolecular Hbond substituents is 1. The number of anilines is 1. The minimum atomic E-state index is -0.581. The summed E-state index contributed by atoms with van der Waals surface area (Å²) in [4.78, 5) is 0. The molecule has 2 rings (SSSR count). The first-order chi connectivity index (χ1) is 9.10. The van der Waals surface area contributed by atoms with Crippen LogP contribution >= 0.6 is 0 Å². The van der Waals surface area contributed by atoms with Crippen LogP contribution in [-0.2, 0) is 6.42 Å². The Hall–Kier alpha value is -2.30. The Morgan fingerprint density at radius 1 is 1.53 bits per heavy atom. The number of aromatic nitrogens is 2. The lowest BCUT2D eigenvalue weighted by atomic mass is 10.0. The molecule has 19 heavy (non-hydrogen) atoms. The molecule has 1 heterocycles. The summed E-state index contributed by atoms with van der Waals surface area (Å²) in [6.45, 7) is 5.78. The average molecular weight is 261 g/mol. The van der Waals surface area contributed by atoms with E-state index in [0.717, 1.165) is 30.2 Å². The first kappa shape index (κ1) is 13.1. The van der Waals surface area contributed by atoms with E-state index in [1.165, 1.54) is 6.07 Å². The number of hydrogen-bond donors (Lipinski definition) is 3. The van der Waals surface area contributed by atoms with Crippen molar-refractivity contribution >= 4 is 11.8 Å². The Labute approximate surface area is 110 Å². The predicted molar refractivity (Wildman–Crippen MR) is 74.1 cm³/mol. The number of nitrogens with one attached hydrogen (secondary N) is 1. The zero-order valence-electron chi connectivity index (χ0n) is 10.7. The molecule has 2 aromatic rings. The van der Waals surface area contributed by atoms with Gasteiger partial charge in [-0.3, -0.25) is 5.10 Å². The van der Waals surface area contributed by atoms with Crippen LogP contribution in [0.5, 0.6) is 5.75 Å². The minimum Gasteiger partial charge on any atom is -0.507 e. The van der Waals surface area contributed by atoms with Gasteiger partial charge in [0.2, 0.25) is 0 Å². The van der Waals surface area contributed by atoms with Gasteiger partial charge in [0, 0.05) is 11.3 Å². The van der Waals surface area contributed by atoms with Crippen LogP contribution in [-0.4, -0.2) is 15.3 Å². The van der Waals surface area contributed by atoms with E-state index in [0.29, 0.717) is 5.69 Å². The number of halogens is 1. The zero-order chi connectivity index (χ0) is 14.0. The summed E-state index contributed by atoms with van der Waals surface area (Å²) in [5, 5.41) is 16.9. The Bertz CT molecular complexity index is 619. The maximum absolute atomic E-state index is 13.5. The molecule has 1 aromatic heterocycles. The molecule has 100 valence electrons. The number of aryl methyl sites for hydroxylation is 1. The molecule has 0 radical (unpaired) electrons. The van der Waals surface area contributed by atoms with Crippen LogP contribution in [0.25, 0.3) is 17.3 Å². The molecule has 0 unspecified atom stereocenters. The third-order valence-electron chi connectivity index (χ3n) is 2.99. The number of rotatable bonds is 4. The van der Waals surface area contributed by atoms with Crippen molar-refractivity contribution in [1.29, 1.82) is 0 Å². The fourth-order valence-electron chi connectivity index (χ4n) is 2.07. The summed E-state index contributed by atoms with van der Waals surface area (Å²) in [5.74, 6) is -0.681. The van der Waals surface area contributed by atoms with Crippen LogP contribution in [0, 0.1) is 5.82 Å². The zero-order valence-corrected chi connectivity index (χ0v) is 10.7. The van der Waals surface area contributed by atoms with E-state index in [1.54, 1.807) is 6.08 Å². The molecule has 1 aromatic carbocycles. The van der Waals surface area contributed by atoms with Crippen molar-refractivity contribution in [3.8, 4) is 17.0 Å². The smallest absolute Gasteiger partial charge is 0.147 e. The molecule has 5 heteroatoms. The van der Waals surface area contributed by atoms with Gasteiger partial charge in [-0.2, -0.15) is 5.10 Å². The minimum absolute atomic E-state index is 0.100. The molecule has 0 bridgehead atoms. The second kappa shape index (κ2) is 5.14. The second-order valence-electron chi connectivity index (χ2n) is 4.27. The topological polar surface area (TPSA) is 74.9 Å². The van der Waals surface area contributed by atoms with Gasteiger partial charge in [-0.05, 0) is 18.6 Å². The van der Waals surface area contributed by atoms with Gasteiger partial charge in [-0.25, -0.2) is 4.39 Å². The van der Waals surface area contributed by atoms with Crippen molar-refractivity contribution in [3.05, 3.63) is 35.8 Å². The fourth-order valence-corrected chi connectivity index (χ4v) is 2.07. The number of phenols is 1. The van der Waals surface area contributed by atoms with E-state index in [2.05, 4.69) is 16.8 Å². The van der Waals surface area contributed by atoms with E-state index in [1.807, 2.05) is 6.92 Å². The molecule has 0 spiro atoms. The van der Waals surface area contributed by atoms with Crippen molar-refractivity contribution in [2.24, 2.45) is 0 Å². The Morgan fingerprint density at radius 3 is 2.89 bits per heavy atom. The van der Waals surface area contributed by atoms with Crippen LogP contribution in [0.1, 0.15) is 24.6 Å². The highest BCUT2D eigenvalue weighted by atomic mass is 19.1. The highest BCUT2D eigenvalue weighted by Gasteiger charge is 2.19. The maximum atomic E-state index is 13.5. The number of aromatic amines is 1. The van der Waals surface area contributed by atoms with Crippen molar-refractivity contribution in [1.82, 2.24) is 10.2 Å². The van der Waals surface area contributed by atoms with Gasteiger partial charge >= 0.3 is 0 Å². The molecule has 4 N–H and O–H groups in total. The van der Waals surface area contributed by atoms with E-state index >= 15 is 0 Å². The van der Waals surface area contributed by atoms with Crippen LogP contribution in [0.15, 0.2) is 18.7 Å². The van der Waals surface area contributed by atoms with Gasteiger partial charge in [0.25, 0.3) is 0 Å². The SMILES string of the molecule is C=Cc1c(-c2c(O)ccc(F)c2N)n[nH]c1CCC. The Balaban J connectivity index is 2.66. The molecular formula is C14H16FN3O. The maximum Gasteiger partial charge on any atom is 0.147 e. The van der Waals surface area contributed by atoms with E-state index in [4.69, 9.17) is 5.73 Å². The molecule has 0 saturated heterocycles. The largest absolute Gasteiger partial charge is 0.507 e. The van der Waals surface area contributed by atoms with E-state index < -0.39 is 5.82 Å². The van der Waals surface area contributed by atoms with Crippen LogP contribution in [0.4, 0.5) is 10.1 Å². The Kier molecular flexibility index (Phi) is 3.55. The Morgan fingerprint density at radius 2 is 2.26 bits per heavy atom. The highest BCUT2D eigenvalue weighted by molar-refractivity contribution is 5.85. The molecule has 0 aliphatic heterocycles. The van der Waals surface area contributed by atoms with Gasteiger partial charge in [-0.1, -0.05) is 26.0 Å². The number of aromatic hydroxyl groups is 1. The summed E-state index contributed by atoms with van der Waals surface area (Å²) in [7, 11) is 0. The number of benzene rings is 1. The molecule has 0 saturated carbocycles. The normalized spacial score (nSPS) is 10.6. The molecule has 4 nitrogen and oxygen atoms in total. The molecule has 0 amide bonds. The lowest BCUT2D eigenvalue weighted by Crippen LogP contribution is -1.96. The van der Waals surface area contributed by atoms with Crippen LogP contribution in [0.2, 0.25) is 0 Å². The fraction of sp³-hybridized carbons (Fsp3) is 0.214. The summed E-state index contributed by atoms with van der Waals surface area (Å²) in [6, 6.07) is 2.39. The van der Waals surface area contributed by atoms with Gasteiger partial charge in [-0.15, -0.1) is 0 Å². The first-order valence-electron chi connectivity index (χ1n) is 6.07. The summed E-state index contributed by atoms with van der Waals surface area (Å²) in [5.41, 5.74) is 7.86. The van der Waals surface area contributed by atoms with Crippen molar-refractivity contribution < 1.29 is 9.50 Å².